The van der Waals surface area contributed by atoms with Crippen LogP contribution in [0.1, 0.15) is 32.6 Å². The third-order valence-electron chi connectivity index (χ3n) is 8.35. The van der Waals surface area contributed by atoms with Crippen LogP contribution in [0.4, 0.5) is 17.6 Å². The summed E-state index contributed by atoms with van der Waals surface area (Å²) in [6.07, 6.45) is 3.61. The van der Waals surface area contributed by atoms with Crippen molar-refractivity contribution in [3.05, 3.63) is 60.8 Å². The van der Waals surface area contributed by atoms with E-state index in [4.69, 9.17) is 28.7 Å². The molecule has 6 heterocycles. The van der Waals surface area contributed by atoms with Gasteiger partial charge in [-0.2, -0.15) is 10.1 Å². The smallest absolute Gasteiger partial charge is 0.258 e. The molecule has 0 aliphatic carbocycles. The number of anilines is 3. The Morgan fingerprint density at radius 3 is 2.63 bits per heavy atom. The summed E-state index contributed by atoms with van der Waals surface area (Å²) in [7, 11) is 5.08. The quantitative estimate of drug-likeness (QED) is 0.186. The Bertz CT molecular complexity index is 1990. The van der Waals surface area contributed by atoms with E-state index in [-0.39, 0.29) is 5.95 Å². The molecule has 2 fully saturated rings. The van der Waals surface area contributed by atoms with Crippen molar-refractivity contribution >= 4 is 34.5 Å². The van der Waals surface area contributed by atoms with Crippen molar-refractivity contribution in [1.82, 2.24) is 34.3 Å². The molecule has 2 saturated heterocycles. The highest BCUT2D eigenvalue weighted by Gasteiger charge is 2.58. The highest BCUT2D eigenvalue weighted by molar-refractivity contribution is 6.00. The van der Waals surface area contributed by atoms with Crippen molar-refractivity contribution in [2.45, 2.75) is 57.6 Å². The van der Waals surface area contributed by atoms with Crippen LogP contribution in [0.2, 0.25) is 0 Å². The molecule has 1 amide bonds. The molecule has 0 radical (unpaired) electrons. The number of carbonyl (C=O) groups excluding carboxylic acids is 1. The van der Waals surface area contributed by atoms with Gasteiger partial charge in [0.15, 0.2) is 18.1 Å². The number of ether oxygens (including phenoxy) is 5. The summed E-state index contributed by atoms with van der Waals surface area (Å²) in [6.45, 7) is 6.65. The molecule has 0 spiro atoms. The molecule has 16 heteroatoms. The number of hydrogen-bond donors (Lipinski definition) is 3. The van der Waals surface area contributed by atoms with Crippen LogP contribution in [-0.4, -0.2) is 85.1 Å². The van der Waals surface area contributed by atoms with Gasteiger partial charge in [0, 0.05) is 55.9 Å². The molecule has 4 aromatic heterocycles. The highest BCUT2D eigenvalue weighted by Crippen LogP contribution is 2.46. The number of fused-ring (bicyclic) bond motifs is 2. The van der Waals surface area contributed by atoms with Crippen LogP contribution in [0.25, 0.3) is 22.3 Å². The predicted molar refractivity (Wildman–Crippen MR) is 179 cm³/mol. The van der Waals surface area contributed by atoms with Crippen molar-refractivity contribution < 1.29 is 28.5 Å². The Morgan fingerprint density at radius 1 is 1.04 bits per heavy atom. The first-order chi connectivity index (χ1) is 23.7. The maximum Gasteiger partial charge on any atom is 0.258 e. The normalized spacial score (nSPS) is 21.0. The second-order valence-electron chi connectivity index (χ2n) is 12.1. The Kier molecular flexibility index (Phi) is 8.52. The number of amides is 1. The van der Waals surface area contributed by atoms with Gasteiger partial charge in [-0.1, -0.05) is 0 Å². The number of aromatic nitrogens is 7. The largest absolute Gasteiger partial charge is 0.497 e. The lowest BCUT2D eigenvalue weighted by atomic mass is 10.1. The fraction of sp³-hybridized carbons (Fsp3) is 0.394. The van der Waals surface area contributed by atoms with E-state index in [1.165, 1.54) is 6.33 Å². The lowest BCUT2D eigenvalue weighted by Crippen LogP contribution is -2.39. The molecule has 7 rings (SSSR count). The molecule has 2 aliphatic heterocycles. The Balaban J connectivity index is 1.25. The molecule has 16 nitrogen and oxygen atoms in total. The fourth-order valence-corrected chi connectivity index (χ4v) is 6.23. The molecule has 5 aromatic rings. The average molecular weight is 671 g/mol. The zero-order valence-electron chi connectivity index (χ0n) is 28.0. The molecule has 4 atom stereocenters. The van der Waals surface area contributed by atoms with E-state index in [9.17, 15) is 4.79 Å². The number of methoxy groups -OCH3 is 2. The molecule has 49 heavy (non-hydrogen) atoms. The number of nitrogens with one attached hydrogen (secondary N) is 3. The molecule has 0 saturated carbocycles. The van der Waals surface area contributed by atoms with Gasteiger partial charge >= 0.3 is 0 Å². The van der Waals surface area contributed by atoms with Crippen molar-refractivity contribution in [2.75, 3.05) is 36.7 Å². The van der Waals surface area contributed by atoms with E-state index in [1.807, 2.05) is 69.0 Å². The second-order valence-corrected chi connectivity index (χ2v) is 12.1. The van der Waals surface area contributed by atoms with Gasteiger partial charge in [-0.15, -0.1) is 0 Å². The molecule has 0 bridgehead atoms. The summed E-state index contributed by atoms with van der Waals surface area (Å²) in [6, 6.07) is 9.28. The first kappa shape index (κ1) is 32.2. The van der Waals surface area contributed by atoms with E-state index in [0.717, 1.165) is 11.1 Å². The molecular weight excluding hydrogens is 632 g/mol. The number of nitrogens with zero attached hydrogens (tertiary/aromatic N) is 7. The molecular formula is C33H38N10O6. The first-order valence-corrected chi connectivity index (χ1v) is 15.9. The number of carbonyl (C=O) groups is 1. The summed E-state index contributed by atoms with van der Waals surface area (Å²) < 4.78 is 33.7. The molecule has 1 aromatic carbocycles. The van der Waals surface area contributed by atoms with E-state index in [2.05, 4.69) is 36.0 Å². The third-order valence-corrected chi connectivity index (χ3v) is 8.35. The van der Waals surface area contributed by atoms with Gasteiger partial charge < -0.3 is 38.9 Å². The van der Waals surface area contributed by atoms with Crippen LogP contribution in [0.5, 0.6) is 11.5 Å². The minimum Gasteiger partial charge on any atom is -0.497 e. The van der Waals surface area contributed by atoms with Crippen LogP contribution in [-0.2, 0) is 32.6 Å². The van der Waals surface area contributed by atoms with Crippen LogP contribution < -0.4 is 25.4 Å². The average Bonchev–Trinajstić information content (AvgIpc) is 3.85. The number of hydrogen-bond acceptors (Lipinski definition) is 13. The van der Waals surface area contributed by atoms with E-state index in [1.54, 1.807) is 31.2 Å². The lowest BCUT2D eigenvalue weighted by molar-refractivity contribution is -0.196. The Hall–Kier alpha value is -5.32. The van der Waals surface area contributed by atoms with Gasteiger partial charge in [-0.25, -0.2) is 15.0 Å². The number of aryl methyl sites for hydroxylation is 1. The monoisotopic (exact) mass is 670 g/mol. The summed E-state index contributed by atoms with van der Waals surface area (Å²) in [4.78, 5) is 31.6. The van der Waals surface area contributed by atoms with Gasteiger partial charge in [0.25, 0.3) is 5.91 Å². The lowest BCUT2D eigenvalue weighted by Gasteiger charge is -2.24. The molecule has 256 valence electrons. The second kappa shape index (κ2) is 12.9. The maximum absolute atomic E-state index is 13.7. The predicted octanol–water partition coefficient (Wildman–Crippen LogP) is 3.74. The minimum absolute atomic E-state index is 0.144. The van der Waals surface area contributed by atoms with Gasteiger partial charge in [-0.3, -0.25) is 14.8 Å². The zero-order chi connectivity index (χ0) is 34.3. The van der Waals surface area contributed by atoms with Gasteiger partial charge in [0.1, 0.15) is 47.3 Å². The van der Waals surface area contributed by atoms with E-state index in [0.29, 0.717) is 53.0 Å². The number of benzene rings is 1. The first-order valence-electron chi connectivity index (χ1n) is 15.9. The third kappa shape index (κ3) is 6.21. The molecule has 3 N–H and O–H groups in total. The Morgan fingerprint density at radius 2 is 1.88 bits per heavy atom. The summed E-state index contributed by atoms with van der Waals surface area (Å²) in [5.74, 6) is 1.25. The van der Waals surface area contributed by atoms with Gasteiger partial charge in [0.05, 0.1) is 25.3 Å². The van der Waals surface area contributed by atoms with Crippen LogP contribution in [0, 0.1) is 0 Å². The molecule has 0 unspecified atom stereocenters. The fourth-order valence-electron chi connectivity index (χ4n) is 6.23. The highest BCUT2D eigenvalue weighted by atomic mass is 16.8. The van der Waals surface area contributed by atoms with Crippen LogP contribution in [0.15, 0.2) is 55.2 Å². The maximum atomic E-state index is 13.7. The zero-order valence-corrected chi connectivity index (χ0v) is 28.0. The minimum atomic E-state index is -1.04. The summed E-state index contributed by atoms with van der Waals surface area (Å²) >= 11 is 0. The van der Waals surface area contributed by atoms with Crippen molar-refractivity contribution in [3.8, 4) is 22.8 Å². The summed E-state index contributed by atoms with van der Waals surface area (Å²) in [5.41, 5.74) is 2.93. The number of rotatable bonds is 11. The molecule has 2 aliphatic rings. The van der Waals surface area contributed by atoms with Gasteiger partial charge in [-0.05, 0) is 45.0 Å². The van der Waals surface area contributed by atoms with Crippen molar-refractivity contribution in [2.24, 2.45) is 7.05 Å². The summed E-state index contributed by atoms with van der Waals surface area (Å²) in [5, 5.41) is 14.8. The van der Waals surface area contributed by atoms with Crippen LogP contribution in [0.3, 0.4) is 0 Å². The topological polar surface area (TPSA) is 174 Å². The van der Waals surface area contributed by atoms with Crippen molar-refractivity contribution in [1.29, 1.82) is 0 Å². The Labute approximate surface area is 282 Å². The van der Waals surface area contributed by atoms with Gasteiger partial charge in [0.2, 0.25) is 5.95 Å². The van der Waals surface area contributed by atoms with Crippen molar-refractivity contribution in [3.63, 3.8) is 0 Å². The SMILES string of the molecule is CCNc1ccnc(NC(=O)[C@H]2O[C@@H](n3cc(-c4ccn(C)n4)c4c(NCc5ccc(OC)cc5OC)ncnc43)[C@@H]3OC(C)(C)O[C@@H]32)n1. The van der Waals surface area contributed by atoms with Crippen LogP contribution >= 0.6 is 0 Å². The van der Waals surface area contributed by atoms with E-state index < -0.39 is 36.2 Å². The van der Waals surface area contributed by atoms with E-state index >= 15 is 0 Å². The standard InChI is InChI=1S/C33H38N10O6/c1-7-34-23-10-12-35-32(39-23)40-30(44)26-25-27(49-33(2,3)48-25)31(47-26)43-16-20(21-11-13-42(4)41-21)24-28(37-17-38-29(24)43)36-15-18-8-9-19(45-5)14-22(18)46-6/h8-14,16-17,25-27,31H,7,15H2,1-6H3,(H,36,37,38)(H2,34,35,39,40,44)/t25-,26+,27-,31-/m1/s1.